The molecule has 0 unspecified atom stereocenters. The molecule has 0 aliphatic rings. The van der Waals surface area contributed by atoms with E-state index in [1.54, 1.807) is 6.07 Å². The van der Waals surface area contributed by atoms with Crippen molar-refractivity contribution in [1.29, 1.82) is 0 Å². The highest BCUT2D eigenvalue weighted by molar-refractivity contribution is 5.88. The van der Waals surface area contributed by atoms with Crippen LogP contribution in [0.15, 0.2) is 24.4 Å². The van der Waals surface area contributed by atoms with E-state index in [2.05, 4.69) is 18.8 Å². The second kappa shape index (κ2) is 4.20. The summed E-state index contributed by atoms with van der Waals surface area (Å²) in [6.07, 6.45) is 2.64. The molecule has 0 aliphatic carbocycles. The second-order valence-electron chi connectivity index (χ2n) is 4.33. The lowest BCUT2D eigenvalue weighted by Gasteiger charge is -2.12. The van der Waals surface area contributed by atoms with Gasteiger partial charge < -0.3 is 0 Å². The number of rotatable bonds is 2. The van der Waals surface area contributed by atoms with Gasteiger partial charge in [0.25, 0.3) is 0 Å². The maximum Gasteiger partial charge on any atom is 0.132 e. The van der Waals surface area contributed by atoms with Gasteiger partial charge in [0.1, 0.15) is 5.82 Å². The lowest BCUT2D eigenvalue weighted by molar-refractivity contribution is 0.637. The van der Waals surface area contributed by atoms with Crippen molar-refractivity contribution in [2.75, 3.05) is 0 Å². The molecular weight excluding hydrogens is 201 g/mol. The molecule has 1 nitrogen and oxygen atoms in total. The molecule has 0 saturated carbocycles. The first-order chi connectivity index (χ1) is 7.65. The maximum atomic E-state index is 13.8. The Bertz CT molecular complexity index is 517. The normalized spacial score (nSPS) is 11.3. The number of aryl methyl sites for hydroxylation is 1. The summed E-state index contributed by atoms with van der Waals surface area (Å²) in [6, 6.07) is 5.25. The average Bonchev–Trinajstić information content (AvgIpc) is 2.27. The molecule has 2 aromatic rings. The van der Waals surface area contributed by atoms with Crippen LogP contribution in [0, 0.1) is 5.82 Å². The van der Waals surface area contributed by atoms with E-state index in [1.807, 2.05) is 19.2 Å². The van der Waals surface area contributed by atoms with E-state index in [4.69, 9.17) is 0 Å². The van der Waals surface area contributed by atoms with Gasteiger partial charge in [-0.1, -0.05) is 32.9 Å². The number of halogens is 1. The second-order valence-corrected chi connectivity index (χ2v) is 4.33. The number of nitrogens with zero attached hydrogens (tertiary/aromatic N) is 1. The first-order valence-corrected chi connectivity index (χ1v) is 5.71. The fourth-order valence-corrected chi connectivity index (χ4v) is 2.07. The molecule has 0 atom stereocenters. The average molecular weight is 217 g/mol. The largest absolute Gasteiger partial charge is 0.260 e. The summed E-state index contributed by atoms with van der Waals surface area (Å²) in [5, 5.41) is 1.69. The Morgan fingerprint density at radius 1 is 1.31 bits per heavy atom. The van der Waals surface area contributed by atoms with Crippen LogP contribution in [-0.2, 0) is 6.42 Å². The van der Waals surface area contributed by atoms with Crippen molar-refractivity contribution in [3.8, 4) is 0 Å². The van der Waals surface area contributed by atoms with Gasteiger partial charge >= 0.3 is 0 Å². The number of pyridine rings is 1. The third kappa shape index (κ3) is 1.69. The SMILES string of the molecule is CCc1ncc(C(C)C)c2cccc(F)c12. The van der Waals surface area contributed by atoms with Crippen molar-refractivity contribution in [3.63, 3.8) is 0 Å². The molecule has 0 fully saturated rings. The van der Waals surface area contributed by atoms with Crippen LogP contribution < -0.4 is 0 Å². The van der Waals surface area contributed by atoms with Crippen molar-refractivity contribution < 1.29 is 4.39 Å². The Labute approximate surface area is 95.3 Å². The Morgan fingerprint density at radius 2 is 2.06 bits per heavy atom. The quantitative estimate of drug-likeness (QED) is 0.739. The molecule has 0 N–H and O–H groups in total. The molecule has 0 amide bonds. The first kappa shape index (κ1) is 11.1. The lowest BCUT2D eigenvalue weighted by atomic mass is 9.96. The van der Waals surface area contributed by atoms with E-state index in [-0.39, 0.29) is 5.82 Å². The summed E-state index contributed by atoms with van der Waals surface area (Å²) < 4.78 is 13.8. The Kier molecular flexibility index (Phi) is 2.90. The fourth-order valence-electron chi connectivity index (χ4n) is 2.07. The highest BCUT2D eigenvalue weighted by atomic mass is 19.1. The predicted molar refractivity (Wildman–Crippen MR) is 65.2 cm³/mol. The summed E-state index contributed by atoms with van der Waals surface area (Å²) in [6.45, 7) is 6.21. The summed E-state index contributed by atoms with van der Waals surface area (Å²) in [4.78, 5) is 4.37. The highest BCUT2D eigenvalue weighted by Crippen LogP contribution is 2.28. The molecule has 0 bridgehead atoms. The van der Waals surface area contributed by atoms with Crippen LogP contribution in [0.25, 0.3) is 10.8 Å². The third-order valence-corrected chi connectivity index (χ3v) is 2.93. The van der Waals surface area contributed by atoms with E-state index in [0.29, 0.717) is 11.3 Å². The van der Waals surface area contributed by atoms with Crippen LogP contribution in [0.4, 0.5) is 4.39 Å². The van der Waals surface area contributed by atoms with Crippen LogP contribution in [0.1, 0.15) is 37.9 Å². The van der Waals surface area contributed by atoms with Crippen LogP contribution in [0.3, 0.4) is 0 Å². The van der Waals surface area contributed by atoms with Gasteiger partial charge in [-0.05, 0) is 29.4 Å². The molecule has 1 aromatic carbocycles. The molecule has 1 aromatic heterocycles. The van der Waals surface area contributed by atoms with Gasteiger partial charge in [-0.2, -0.15) is 0 Å². The first-order valence-electron chi connectivity index (χ1n) is 5.71. The number of hydrogen-bond donors (Lipinski definition) is 0. The lowest BCUT2D eigenvalue weighted by Crippen LogP contribution is -1.98. The van der Waals surface area contributed by atoms with Gasteiger partial charge in [-0.3, -0.25) is 4.98 Å². The van der Waals surface area contributed by atoms with Crippen LogP contribution in [0.2, 0.25) is 0 Å². The summed E-state index contributed by atoms with van der Waals surface area (Å²) in [5.41, 5.74) is 1.96. The minimum absolute atomic E-state index is 0.163. The molecule has 1 heterocycles. The van der Waals surface area contributed by atoms with E-state index in [9.17, 15) is 4.39 Å². The Hall–Kier alpha value is -1.44. The molecule has 0 spiro atoms. The molecule has 2 heteroatoms. The van der Waals surface area contributed by atoms with Gasteiger partial charge in [0, 0.05) is 11.6 Å². The molecule has 2 rings (SSSR count). The number of aromatic nitrogens is 1. The predicted octanol–water partition coefficient (Wildman–Crippen LogP) is 4.06. The molecule has 0 aliphatic heterocycles. The fraction of sp³-hybridized carbons (Fsp3) is 0.357. The zero-order valence-corrected chi connectivity index (χ0v) is 9.92. The molecule has 16 heavy (non-hydrogen) atoms. The summed E-state index contributed by atoms with van der Waals surface area (Å²) in [5.74, 6) is 0.201. The zero-order chi connectivity index (χ0) is 11.7. The van der Waals surface area contributed by atoms with Gasteiger partial charge in [0.05, 0.1) is 5.69 Å². The number of benzene rings is 1. The monoisotopic (exact) mass is 217 g/mol. The van der Waals surface area contributed by atoms with Crippen molar-refractivity contribution >= 4 is 10.8 Å². The smallest absolute Gasteiger partial charge is 0.132 e. The highest BCUT2D eigenvalue weighted by Gasteiger charge is 2.12. The maximum absolute atomic E-state index is 13.8. The van der Waals surface area contributed by atoms with Crippen molar-refractivity contribution in [2.45, 2.75) is 33.1 Å². The van der Waals surface area contributed by atoms with Gasteiger partial charge in [0.15, 0.2) is 0 Å². The Morgan fingerprint density at radius 3 is 2.69 bits per heavy atom. The van der Waals surface area contributed by atoms with Crippen LogP contribution >= 0.6 is 0 Å². The van der Waals surface area contributed by atoms with E-state index in [1.165, 1.54) is 6.07 Å². The van der Waals surface area contributed by atoms with E-state index >= 15 is 0 Å². The summed E-state index contributed by atoms with van der Waals surface area (Å²) in [7, 11) is 0. The third-order valence-electron chi connectivity index (χ3n) is 2.93. The van der Waals surface area contributed by atoms with Crippen molar-refractivity contribution in [1.82, 2.24) is 4.98 Å². The van der Waals surface area contributed by atoms with Gasteiger partial charge in [-0.25, -0.2) is 4.39 Å². The minimum Gasteiger partial charge on any atom is -0.260 e. The van der Waals surface area contributed by atoms with Crippen LogP contribution in [0.5, 0.6) is 0 Å². The molecular formula is C14H16FN. The topological polar surface area (TPSA) is 12.9 Å². The standard InChI is InChI=1S/C14H16FN/c1-4-13-14-10(6-5-7-12(14)15)11(8-16-13)9(2)3/h5-9H,4H2,1-3H3. The summed E-state index contributed by atoms with van der Waals surface area (Å²) >= 11 is 0. The molecule has 84 valence electrons. The van der Waals surface area contributed by atoms with Crippen LogP contribution in [-0.4, -0.2) is 4.98 Å². The zero-order valence-electron chi connectivity index (χ0n) is 9.92. The molecule has 0 saturated heterocycles. The number of hydrogen-bond acceptors (Lipinski definition) is 1. The Balaban J connectivity index is 2.85. The van der Waals surface area contributed by atoms with Gasteiger partial charge in [0.2, 0.25) is 0 Å². The van der Waals surface area contributed by atoms with Crippen molar-refractivity contribution in [3.05, 3.63) is 41.5 Å². The molecule has 0 radical (unpaired) electrons. The number of fused-ring (bicyclic) bond motifs is 1. The van der Waals surface area contributed by atoms with Crippen molar-refractivity contribution in [2.24, 2.45) is 0 Å². The van der Waals surface area contributed by atoms with E-state index in [0.717, 1.165) is 23.1 Å². The minimum atomic E-state index is -0.163. The van der Waals surface area contributed by atoms with E-state index < -0.39 is 0 Å². The van der Waals surface area contributed by atoms with Gasteiger partial charge in [-0.15, -0.1) is 0 Å².